The number of hydrogen-bond donors (Lipinski definition) is 10. The number of likely N-dealkylation sites (tertiary alicyclic amines) is 1. The zero-order chi connectivity index (χ0) is 52.9. The number of H-pyrrole nitrogens is 1. The SMILES string of the molecule is C[C@H]1NC(=O)NC1CCCCCC(=O)NCCCCC(NC(=O)[C@H](CCCNC(N)=O)NC(=O)[C@H](Cc1c[nH]c2ccccc12)NC(=O)[C@@H]1CCCCN1C(=O)[C@H](Cc1ccccc1)N(C)C(=O)CCl)C(N)=O. The van der Waals surface area contributed by atoms with Crippen LogP contribution >= 0.6 is 11.6 Å². The van der Waals surface area contributed by atoms with Crippen molar-refractivity contribution in [3.63, 3.8) is 0 Å². The number of nitrogens with one attached hydrogen (secondary N) is 8. The number of urea groups is 2. The number of unbranched alkanes of at least 4 members (excludes halogenated alkanes) is 3. The molecular formula is C51H73ClN12O9. The predicted octanol–water partition coefficient (Wildman–Crippen LogP) is 2.10. The monoisotopic (exact) mass is 1030 g/mol. The number of para-hydroxylation sites is 1. The van der Waals surface area contributed by atoms with Crippen molar-refractivity contribution in [3.05, 3.63) is 71.9 Å². The van der Waals surface area contributed by atoms with Gasteiger partial charge in [-0.1, -0.05) is 61.4 Å². The van der Waals surface area contributed by atoms with Gasteiger partial charge in [-0.15, -0.1) is 11.6 Å². The summed E-state index contributed by atoms with van der Waals surface area (Å²) >= 11 is 5.95. The molecule has 0 bridgehead atoms. The molecule has 398 valence electrons. The lowest BCUT2D eigenvalue weighted by Crippen LogP contribution is -2.61. The molecule has 2 aliphatic heterocycles. The third-order valence-corrected chi connectivity index (χ3v) is 13.8. The summed E-state index contributed by atoms with van der Waals surface area (Å²) in [4.78, 5) is 125. The maximum absolute atomic E-state index is 14.6. The van der Waals surface area contributed by atoms with E-state index in [0.717, 1.165) is 35.7 Å². The first-order valence-electron chi connectivity index (χ1n) is 25.3. The number of halogens is 1. The van der Waals surface area contributed by atoms with Gasteiger partial charge < -0.3 is 63.5 Å². The van der Waals surface area contributed by atoms with E-state index in [0.29, 0.717) is 50.6 Å². The molecule has 22 heteroatoms. The van der Waals surface area contributed by atoms with Crippen molar-refractivity contribution in [3.8, 4) is 0 Å². The molecule has 2 aromatic carbocycles. The van der Waals surface area contributed by atoms with Gasteiger partial charge in [-0.05, 0) is 88.3 Å². The van der Waals surface area contributed by atoms with E-state index in [-0.39, 0.29) is 81.5 Å². The Morgan fingerprint density at radius 1 is 0.781 bits per heavy atom. The molecule has 2 aliphatic rings. The number of carbonyl (C=O) groups excluding carboxylic acids is 9. The van der Waals surface area contributed by atoms with E-state index in [1.165, 1.54) is 16.8 Å². The van der Waals surface area contributed by atoms with Crippen LogP contribution in [0.5, 0.6) is 0 Å². The van der Waals surface area contributed by atoms with E-state index in [1.807, 2.05) is 61.5 Å². The molecule has 2 fully saturated rings. The molecule has 1 aromatic heterocycles. The number of nitrogens with zero attached hydrogens (tertiary/aromatic N) is 2. The third-order valence-electron chi connectivity index (χ3n) is 13.6. The second kappa shape index (κ2) is 29.0. The maximum atomic E-state index is 14.6. The van der Waals surface area contributed by atoms with Gasteiger partial charge in [0.25, 0.3) is 0 Å². The van der Waals surface area contributed by atoms with Gasteiger partial charge in [0, 0.05) is 69.1 Å². The van der Waals surface area contributed by atoms with Crippen molar-refractivity contribution in [2.45, 2.75) is 146 Å². The van der Waals surface area contributed by atoms with Crippen LogP contribution in [0.25, 0.3) is 10.9 Å². The first-order valence-corrected chi connectivity index (χ1v) is 25.9. The van der Waals surface area contributed by atoms with Crippen LogP contribution in [0.15, 0.2) is 60.8 Å². The largest absolute Gasteiger partial charge is 0.368 e. The Kier molecular flexibility index (Phi) is 22.6. The first-order chi connectivity index (χ1) is 35.1. The van der Waals surface area contributed by atoms with Crippen LogP contribution < -0.4 is 48.7 Å². The lowest BCUT2D eigenvalue weighted by atomic mass is 9.96. The summed E-state index contributed by atoms with van der Waals surface area (Å²) < 4.78 is 0. The minimum absolute atomic E-state index is 0.0150. The van der Waals surface area contributed by atoms with Crippen molar-refractivity contribution in [1.29, 1.82) is 0 Å². The van der Waals surface area contributed by atoms with Gasteiger partial charge in [0.2, 0.25) is 41.4 Å². The fourth-order valence-corrected chi connectivity index (χ4v) is 9.54. The summed E-state index contributed by atoms with van der Waals surface area (Å²) in [6.07, 6.45) is 8.18. The quantitative estimate of drug-likeness (QED) is 0.0359. The second-order valence-corrected chi connectivity index (χ2v) is 19.2. The van der Waals surface area contributed by atoms with E-state index in [9.17, 15) is 43.2 Å². The van der Waals surface area contributed by atoms with Crippen LogP contribution in [0.2, 0.25) is 0 Å². The van der Waals surface area contributed by atoms with Gasteiger partial charge >= 0.3 is 12.1 Å². The highest BCUT2D eigenvalue weighted by atomic mass is 35.5. The molecule has 2 unspecified atom stereocenters. The number of piperidine rings is 1. The molecule has 0 saturated carbocycles. The van der Waals surface area contributed by atoms with Crippen molar-refractivity contribution in [2.24, 2.45) is 11.5 Å². The lowest BCUT2D eigenvalue weighted by Gasteiger charge is -2.39. The first kappa shape index (κ1) is 57.0. The molecule has 0 spiro atoms. The van der Waals surface area contributed by atoms with Crippen LogP contribution in [0.1, 0.15) is 102 Å². The van der Waals surface area contributed by atoms with Gasteiger partial charge in [-0.2, -0.15) is 0 Å². The van der Waals surface area contributed by atoms with E-state index in [2.05, 4.69) is 42.2 Å². The Bertz CT molecular complexity index is 2370. The number of rotatable bonds is 29. The zero-order valence-corrected chi connectivity index (χ0v) is 42.6. The molecule has 3 aromatic rings. The summed E-state index contributed by atoms with van der Waals surface area (Å²) in [6.45, 7) is 2.59. The second-order valence-electron chi connectivity index (χ2n) is 18.9. The number of aromatic nitrogens is 1. The number of fused-ring (bicyclic) bond motifs is 1. The van der Waals surface area contributed by atoms with Crippen molar-refractivity contribution in [2.75, 3.05) is 32.6 Å². The molecule has 21 nitrogen and oxygen atoms in total. The van der Waals surface area contributed by atoms with Gasteiger partial charge in [0.1, 0.15) is 36.1 Å². The number of carbonyl (C=O) groups is 9. The Morgan fingerprint density at radius 3 is 2.19 bits per heavy atom. The third kappa shape index (κ3) is 17.7. The zero-order valence-electron chi connectivity index (χ0n) is 41.9. The minimum Gasteiger partial charge on any atom is -0.368 e. The molecule has 3 heterocycles. The molecule has 11 amide bonds. The summed E-state index contributed by atoms with van der Waals surface area (Å²) in [5, 5.41) is 20.2. The van der Waals surface area contributed by atoms with E-state index in [4.69, 9.17) is 23.1 Å². The van der Waals surface area contributed by atoms with Crippen molar-refractivity contribution < 1.29 is 43.2 Å². The highest BCUT2D eigenvalue weighted by molar-refractivity contribution is 6.27. The number of nitrogens with two attached hydrogens (primary N) is 2. The van der Waals surface area contributed by atoms with E-state index in [1.54, 1.807) is 6.20 Å². The number of amides is 11. The summed E-state index contributed by atoms with van der Waals surface area (Å²) in [7, 11) is 1.51. The molecule has 5 rings (SSSR count). The number of likely N-dealkylation sites (N-methyl/N-ethyl adjacent to an activating group) is 1. The Hall–Kier alpha value is -6.90. The van der Waals surface area contributed by atoms with Crippen LogP contribution in [-0.2, 0) is 46.4 Å². The van der Waals surface area contributed by atoms with Gasteiger partial charge in [-0.3, -0.25) is 33.6 Å². The molecule has 7 atom stereocenters. The molecule has 12 N–H and O–H groups in total. The summed E-state index contributed by atoms with van der Waals surface area (Å²) in [6, 6.07) is 10.1. The standard InChI is InChI=1S/C51H73ClN12O9/c1-32-36(62-51(73)58-32)19-7-4-8-24-43(65)55-25-13-11-21-38(45(53)67)59-46(68)39(22-15-26-56-50(54)72)60-47(69)40(29-34-31-57-37-20-10-9-18-35(34)37)61-48(70)41-23-12-14-27-64(41)49(71)42(63(2)44(66)30-52)28-33-16-5-3-6-17-33/h3,5-6,9-10,16-18,20,31-32,36,38-42,57H,4,7-8,11-15,19,21-30H2,1-2H3,(H2,53,67)(H,55,65)(H,59,68)(H,60,69)(H,61,70)(H3,54,56,72)(H2,58,62,73)/t32-,36?,38?,39+,40+,41+,42+/m1/s1. The predicted molar refractivity (Wildman–Crippen MR) is 275 cm³/mol. The van der Waals surface area contributed by atoms with Crippen LogP contribution in [-0.4, -0.2) is 143 Å². The number of hydrogen-bond acceptors (Lipinski definition) is 9. The van der Waals surface area contributed by atoms with Gasteiger partial charge in [0.05, 0.1) is 6.04 Å². The average Bonchev–Trinajstić information content (AvgIpc) is 3.94. The minimum atomic E-state index is -1.28. The topological polar surface area (TPSA) is 312 Å². The molecule has 2 saturated heterocycles. The number of benzene rings is 2. The highest BCUT2D eigenvalue weighted by Crippen LogP contribution is 2.24. The highest BCUT2D eigenvalue weighted by Gasteiger charge is 2.40. The van der Waals surface area contributed by atoms with Crippen molar-refractivity contribution >= 4 is 75.9 Å². The maximum Gasteiger partial charge on any atom is 0.315 e. The Balaban J connectivity index is 1.25. The van der Waals surface area contributed by atoms with Crippen molar-refractivity contribution in [1.82, 2.24) is 52.0 Å². The molecule has 0 aliphatic carbocycles. The number of aromatic amines is 1. The van der Waals surface area contributed by atoms with E-state index < -0.39 is 71.7 Å². The number of alkyl halides is 1. The van der Waals surface area contributed by atoms with E-state index >= 15 is 0 Å². The fourth-order valence-electron chi connectivity index (χ4n) is 9.35. The Morgan fingerprint density at radius 2 is 1.48 bits per heavy atom. The smallest absolute Gasteiger partial charge is 0.315 e. The average molecular weight is 1030 g/mol. The van der Waals surface area contributed by atoms with Crippen LogP contribution in [0.3, 0.4) is 0 Å². The van der Waals surface area contributed by atoms with Gasteiger partial charge in [-0.25, -0.2) is 9.59 Å². The molecule has 0 radical (unpaired) electrons. The normalized spacial score (nSPS) is 18.0. The molecule has 73 heavy (non-hydrogen) atoms. The van der Waals surface area contributed by atoms with Gasteiger partial charge in [0.15, 0.2) is 0 Å². The molecular weight excluding hydrogens is 960 g/mol. The summed E-state index contributed by atoms with van der Waals surface area (Å²) in [5.74, 6) is -4.22. The fraction of sp³-hybridized carbons (Fsp3) is 0.549. The van der Waals surface area contributed by atoms with Crippen LogP contribution in [0, 0.1) is 0 Å². The number of primary amides is 2. The Labute approximate surface area is 431 Å². The summed E-state index contributed by atoms with van der Waals surface area (Å²) in [5.41, 5.74) is 13.3. The van der Waals surface area contributed by atoms with Crippen LogP contribution in [0.4, 0.5) is 9.59 Å². The lowest BCUT2D eigenvalue weighted by molar-refractivity contribution is -0.150.